The number of hydrogen-bond donors (Lipinski definition) is 3. The number of nitrogens with zero attached hydrogens (tertiary/aromatic N) is 2. The number of benzene rings is 2. The van der Waals surface area contributed by atoms with E-state index in [0.29, 0.717) is 11.8 Å². The Kier molecular flexibility index (Phi) is 3.14. The third-order valence-corrected chi connectivity index (χ3v) is 2.84. The van der Waals surface area contributed by atoms with Gasteiger partial charge >= 0.3 is 0 Å². The van der Waals surface area contributed by atoms with Gasteiger partial charge in [0.05, 0.1) is 5.52 Å². The van der Waals surface area contributed by atoms with Gasteiger partial charge in [0.25, 0.3) is 0 Å². The van der Waals surface area contributed by atoms with Gasteiger partial charge in [-0.25, -0.2) is 15.2 Å². The Morgan fingerprint density at radius 3 is 2.45 bits per heavy atom. The van der Waals surface area contributed by atoms with Gasteiger partial charge in [0.1, 0.15) is 11.6 Å². The van der Waals surface area contributed by atoms with E-state index < -0.39 is 0 Å². The van der Waals surface area contributed by atoms with Crippen molar-refractivity contribution in [3.05, 3.63) is 54.3 Å². The first kappa shape index (κ1) is 12.3. The van der Waals surface area contributed by atoms with Crippen LogP contribution in [0.4, 0.5) is 21.8 Å². The summed E-state index contributed by atoms with van der Waals surface area (Å²) < 4.78 is 12.9. The normalized spacial score (nSPS) is 10.5. The summed E-state index contributed by atoms with van der Waals surface area (Å²) in [7, 11) is 0. The molecule has 100 valence electrons. The van der Waals surface area contributed by atoms with Gasteiger partial charge in [0.15, 0.2) is 0 Å². The number of hydrogen-bond acceptors (Lipinski definition) is 5. The van der Waals surface area contributed by atoms with Crippen LogP contribution >= 0.6 is 0 Å². The fourth-order valence-corrected chi connectivity index (χ4v) is 1.91. The largest absolute Gasteiger partial charge is 0.340 e. The van der Waals surface area contributed by atoms with E-state index in [1.807, 2.05) is 24.3 Å². The van der Waals surface area contributed by atoms with Crippen LogP contribution in [0.5, 0.6) is 0 Å². The van der Waals surface area contributed by atoms with Crippen molar-refractivity contribution in [2.24, 2.45) is 5.84 Å². The number of para-hydroxylation sites is 1. The Morgan fingerprint density at radius 2 is 1.70 bits per heavy atom. The van der Waals surface area contributed by atoms with Crippen molar-refractivity contribution in [2.45, 2.75) is 0 Å². The van der Waals surface area contributed by atoms with Gasteiger partial charge in [-0.05, 0) is 36.4 Å². The van der Waals surface area contributed by atoms with Crippen LogP contribution in [0.2, 0.25) is 0 Å². The number of aromatic nitrogens is 2. The zero-order valence-electron chi connectivity index (χ0n) is 10.5. The molecule has 0 saturated carbocycles. The Bertz CT molecular complexity index is 742. The smallest absolute Gasteiger partial charge is 0.239 e. The van der Waals surface area contributed by atoms with E-state index in [0.717, 1.165) is 16.6 Å². The molecular formula is C14H12FN5. The van der Waals surface area contributed by atoms with Gasteiger partial charge in [0.2, 0.25) is 5.95 Å². The number of rotatable bonds is 3. The van der Waals surface area contributed by atoms with Crippen LogP contribution in [-0.2, 0) is 0 Å². The molecule has 0 amide bonds. The van der Waals surface area contributed by atoms with E-state index in [1.165, 1.54) is 12.1 Å². The van der Waals surface area contributed by atoms with Crippen molar-refractivity contribution in [2.75, 3.05) is 10.7 Å². The molecule has 3 aromatic rings. The van der Waals surface area contributed by atoms with Crippen LogP contribution < -0.4 is 16.6 Å². The minimum absolute atomic E-state index is 0.285. The van der Waals surface area contributed by atoms with Crippen molar-refractivity contribution in [1.82, 2.24) is 9.97 Å². The number of nitrogens with one attached hydrogen (secondary N) is 2. The molecule has 5 nitrogen and oxygen atoms in total. The summed E-state index contributed by atoms with van der Waals surface area (Å²) in [5.74, 6) is 6.01. The standard InChI is InChI=1S/C14H12FN5/c15-9-5-7-10(8-6-9)17-13-11-3-1-2-4-12(11)18-14(19-13)20-16/h1-8H,16H2,(H2,17,18,19,20). The third-order valence-electron chi connectivity index (χ3n) is 2.84. The van der Waals surface area contributed by atoms with Crippen molar-refractivity contribution < 1.29 is 4.39 Å². The van der Waals surface area contributed by atoms with Gasteiger partial charge in [-0.1, -0.05) is 12.1 Å². The molecule has 0 saturated heterocycles. The van der Waals surface area contributed by atoms with Crippen LogP contribution in [-0.4, -0.2) is 9.97 Å². The second-order valence-electron chi connectivity index (χ2n) is 4.19. The van der Waals surface area contributed by atoms with E-state index in [4.69, 9.17) is 5.84 Å². The molecule has 1 aromatic heterocycles. The van der Waals surface area contributed by atoms with Crippen LogP contribution in [0.3, 0.4) is 0 Å². The zero-order valence-corrected chi connectivity index (χ0v) is 10.5. The molecule has 0 aliphatic carbocycles. The first-order chi connectivity index (χ1) is 9.76. The average Bonchev–Trinajstić information content (AvgIpc) is 2.49. The number of anilines is 3. The monoisotopic (exact) mass is 269 g/mol. The fraction of sp³-hybridized carbons (Fsp3) is 0. The van der Waals surface area contributed by atoms with Gasteiger partial charge in [0, 0.05) is 11.1 Å². The average molecular weight is 269 g/mol. The maximum Gasteiger partial charge on any atom is 0.239 e. The Hall–Kier alpha value is -2.73. The Balaban J connectivity index is 2.07. The predicted octanol–water partition coefficient (Wildman–Crippen LogP) is 2.80. The van der Waals surface area contributed by atoms with Gasteiger partial charge in [-0.2, -0.15) is 4.98 Å². The molecule has 0 atom stereocenters. The van der Waals surface area contributed by atoms with E-state index in [2.05, 4.69) is 20.7 Å². The number of nitrogen functional groups attached to an aromatic ring is 1. The van der Waals surface area contributed by atoms with Crippen LogP contribution in [0, 0.1) is 5.82 Å². The number of halogens is 1. The summed E-state index contributed by atoms with van der Waals surface area (Å²) in [5, 5.41) is 3.99. The lowest BCUT2D eigenvalue weighted by Gasteiger charge is -2.10. The highest BCUT2D eigenvalue weighted by Crippen LogP contribution is 2.24. The zero-order chi connectivity index (χ0) is 13.9. The van der Waals surface area contributed by atoms with Crippen molar-refractivity contribution in [3.8, 4) is 0 Å². The molecule has 0 spiro atoms. The fourth-order valence-electron chi connectivity index (χ4n) is 1.91. The van der Waals surface area contributed by atoms with Crippen LogP contribution in [0.1, 0.15) is 0 Å². The molecule has 2 aromatic carbocycles. The SMILES string of the molecule is NNc1nc(Nc2ccc(F)cc2)c2ccccc2n1. The molecular weight excluding hydrogens is 257 g/mol. The third kappa shape index (κ3) is 2.36. The lowest BCUT2D eigenvalue weighted by molar-refractivity contribution is 0.628. The molecule has 0 fully saturated rings. The second-order valence-corrected chi connectivity index (χ2v) is 4.19. The van der Waals surface area contributed by atoms with E-state index in [1.54, 1.807) is 12.1 Å². The summed E-state index contributed by atoms with van der Waals surface area (Å²) in [4.78, 5) is 8.55. The lowest BCUT2D eigenvalue weighted by atomic mass is 10.2. The van der Waals surface area contributed by atoms with Crippen molar-refractivity contribution in [1.29, 1.82) is 0 Å². The predicted molar refractivity (Wildman–Crippen MR) is 77.0 cm³/mol. The molecule has 6 heteroatoms. The maximum atomic E-state index is 12.9. The molecule has 3 rings (SSSR count). The first-order valence-electron chi connectivity index (χ1n) is 6.02. The second kappa shape index (κ2) is 5.10. The van der Waals surface area contributed by atoms with Crippen molar-refractivity contribution >= 4 is 28.4 Å². The van der Waals surface area contributed by atoms with E-state index >= 15 is 0 Å². The van der Waals surface area contributed by atoms with Crippen LogP contribution in [0.25, 0.3) is 10.9 Å². The first-order valence-corrected chi connectivity index (χ1v) is 6.02. The summed E-state index contributed by atoms with van der Waals surface area (Å²) in [5.41, 5.74) is 3.93. The molecule has 0 unspecified atom stereocenters. The maximum absolute atomic E-state index is 12.9. The summed E-state index contributed by atoms with van der Waals surface area (Å²) >= 11 is 0. The van der Waals surface area contributed by atoms with Crippen molar-refractivity contribution in [3.63, 3.8) is 0 Å². The summed E-state index contributed by atoms with van der Waals surface area (Å²) in [6, 6.07) is 13.6. The van der Waals surface area contributed by atoms with Gasteiger partial charge in [-0.15, -0.1) is 0 Å². The van der Waals surface area contributed by atoms with Crippen LogP contribution in [0.15, 0.2) is 48.5 Å². The number of hydrazine groups is 1. The highest BCUT2D eigenvalue weighted by Gasteiger charge is 2.07. The highest BCUT2D eigenvalue weighted by atomic mass is 19.1. The van der Waals surface area contributed by atoms with E-state index in [9.17, 15) is 4.39 Å². The molecule has 20 heavy (non-hydrogen) atoms. The molecule has 4 N–H and O–H groups in total. The molecule has 1 heterocycles. The number of fused-ring (bicyclic) bond motifs is 1. The van der Waals surface area contributed by atoms with Gasteiger partial charge in [-0.3, -0.25) is 5.43 Å². The molecule has 0 bridgehead atoms. The summed E-state index contributed by atoms with van der Waals surface area (Å²) in [6.07, 6.45) is 0. The Morgan fingerprint density at radius 1 is 0.950 bits per heavy atom. The Labute approximate surface area is 114 Å². The minimum atomic E-state index is -0.285. The molecule has 0 radical (unpaired) electrons. The molecule has 0 aliphatic rings. The quantitative estimate of drug-likeness (QED) is 0.503. The van der Waals surface area contributed by atoms with E-state index in [-0.39, 0.29) is 5.82 Å². The topological polar surface area (TPSA) is 75.9 Å². The van der Waals surface area contributed by atoms with Gasteiger partial charge < -0.3 is 5.32 Å². The minimum Gasteiger partial charge on any atom is -0.340 e. The molecule has 0 aliphatic heterocycles. The lowest BCUT2D eigenvalue weighted by Crippen LogP contribution is -2.11. The number of nitrogens with two attached hydrogens (primary N) is 1. The summed E-state index contributed by atoms with van der Waals surface area (Å²) in [6.45, 7) is 0. The highest BCUT2D eigenvalue weighted by molar-refractivity contribution is 5.91.